The van der Waals surface area contributed by atoms with Crippen LogP contribution in [-0.4, -0.2) is 47.4 Å². The van der Waals surface area contributed by atoms with Crippen LogP contribution in [0.25, 0.3) is 11.0 Å². The first-order valence-electron chi connectivity index (χ1n) is 7.57. The van der Waals surface area contributed by atoms with E-state index < -0.39 is 30.5 Å². The molecule has 2 aromatic rings. The molecule has 1 fully saturated rings. The number of halogens is 3. The number of aromatic nitrogens is 2. The Morgan fingerprint density at radius 1 is 1.28 bits per heavy atom. The molecule has 2 heterocycles. The number of carbonyl (C=O) groups is 1. The molecule has 1 N–H and O–H groups in total. The zero-order valence-electron chi connectivity index (χ0n) is 13.5. The van der Waals surface area contributed by atoms with Crippen LogP contribution < -0.4 is 9.64 Å². The molecule has 0 aliphatic carbocycles. The smallest absolute Gasteiger partial charge is 0.394 e. The molecule has 9 heteroatoms. The first-order valence-corrected chi connectivity index (χ1v) is 7.57. The predicted octanol–water partition coefficient (Wildman–Crippen LogP) is 2.65. The van der Waals surface area contributed by atoms with Gasteiger partial charge in [-0.1, -0.05) is 0 Å². The molecule has 0 amide bonds. The standard InChI is InChI=1S/C16H16F3N3O3/c1-8-14(21-12-4-3-9(25-2)5-13(12)20-8)22-6-10(15(23)24)11(7-22)16(17,18)19/h3-5,10-11H,6-7H2,1-2H3,(H,23,24)/t10-,11-/m1/s1. The normalized spacial score (nSPS) is 20.9. The zero-order chi connectivity index (χ0) is 18.4. The highest BCUT2D eigenvalue weighted by atomic mass is 19.4. The number of fused-ring (bicyclic) bond motifs is 1. The first kappa shape index (κ1) is 17.2. The van der Waals surface area contributed by atoms with Crippen molar-refractivity contribution in [2.45, 2.75) is 13.1 Å². The molecule has 2 atom stereocenters. The van der Waals surface area contributed by atoms with Crippen LogP contribution in [0.3, 0.4) is 0 Å². The van der Waals surface area contributed by atoms with Gasteiger partial charge >= 0.3 is 12.1 Å². The lowest BCUT2D eigenvalue weighted by Gasteiger charge is -2.20. The number of nitrogens with zero attached hydrogens (tertiary/aromatic N) is 3. The Balaban J connectivity index is 1.99. The Hall–Kier alpha value is -2.58. The van der Waals surface area contributed by atoms with Gasteiger partial charge < -0.3 is 14.7 Å². The maximum Gasteiger partial charge on any atom is 0.394 e. The Labute approximate surface area is 141 Å². The molecule has 0 bridgehead atoms. The van der Waals surface area contributed by atoms with Crippen molar-refractivity contribution in [2.24, 2.45) is 11.8 Å². The van der Waals surface area contributed by atoms with Gasteiger partial charge in [0, 0.05) is 19.2 Å². The lowest BCUT2D eigenvalue weighted by Crippen LogP contribution is -2.33. The van der Waals surface area contributed by atoms with Gasteiger partial charge in [0.1, 0.15) is 5.75 Å². The number of hydrogen-bond acceptors (Lipinski definition) is 5. The fourth-order valence-electron chi connectivity index (χ4n) is 3.10. The van der Waals surface area contributed by atoms with Crippen molar-refractivity contribution in [1.29, 1.82) is 0 Å². The topological polar surface area (TPSA) is 75.5 Å². The molecular formula is C16H16F3N3O3. The van der Waals surface area contributed by atoms with Gasteiger partial charge in [-0.05, 0) is 19.1 Å². The van der Waals surface area contributed by atoms with E-state index in [0.29, 0.717) is 22.5 Å². The lowest BCUT2D eigenvalue weighted by atomic mass is 9.96. The maximum atomic E-state index is 13.2. The molecule has 0 unspecified atom stereocenters. The Morgan fingerprint density at radius 3 is 2.56 bits per heavy atom. The summed E-state index contributed by atoms with van der Waals surface area (Å²) in [5.74, 6) is -4.04. The highest BCUT2D eigenvalue weighted by molar-refractivity contribution is 5.79. The molecule has 0 saturated carbocycles. The molecular weight excluding hydrogens is 339 g/mol. The van der Waals surface area contributed by atoms with Gasteiger partial charge in [-0.3, -0.25) is 4.79 Å². The van der Waals surface area contributed by atoms with Crippen LogP contribution in [0.1, 0.15) is 5.69 Å². The average Bonchev–Trinajstić information content (AvgIpc) is 2.99. The molecule has 1 aromatic carbocycles. The van der Waals surface area contributed by atoms with E-state index in [1.165, 1.54) is 12.0 Å². The number of benzene rings is 1. The Kier molecular flexibility index (Phi) is 4.18. The fraction of sp³-hybridized carbons (Fsp3) is 0.438. The highest BCUT2D eigenvalue weighted by Gasteiger charge is 2.53. The zero-order valence-corrected chi connectivity index (χ0v) is 13.5. The number of carboxylic acid groups (broad SMARTS) is 1. The maximum absolute atomic E-state index is 13.2. The van der Waals surface area contributed by atoms with E-state index in [9.17, 15) is 18.0 Å². The summed E-state index contributed by atoms with van der Waals surface area (Å²) < 4.78 is 44.6. The van der Waals surface area contributed by atoms with Gasteiger partial charge in [-0.15, -0.1) is 0 Å². The summed E-state index contributed by atoms with van der Waals surface area (Å²) in [5.41, 5.74) is 1.50. The fourth-order valence-corrected chi connectivity index (χ4v) is 3.10. The predicted molar refractivity (Wildman–Crippen MR) is 83.7 cm³/mol. The molecule has 1 saturated heterocycles. The van der Waals surface area contributed by atoms with Crippen LogP contribution in [0, 0.1) is 18.8 Å². The third-order valence-corrected chi connectivity index (χ3v) is 4.38. The molecule has 0 spiro atoms. The van der Waals surface area contributed by atoms with Gasteiger partial charge in [-0.2, -0.15) is 13.2 Å². The number of carboxylic acids is 1. The van der Waals surface area contributed by atoms with Crippen molar-refractivity contribution in [1.82, 2.24) is 9.97 Å². The summed E-state index contributed by atoms with van der Waals surface area (Å²) >= 11 is 0. The summed E-state index contributed by atoms with van der Waals surface area (Å²) in [6, 6.07) is 5.02. The quantitative estimate of drug-likeness (QED) is 0.912. The molecule has 25 heavy (non-hydrogen) atoms. The number of aryl methyl sites for hydroxylation is 1. The van der Waals surface area contributed by atoms with Gasteiger partial charge in [0.25, 0.3) is 0 Å². The number of aliphatic carboxylic acids is 1. The second-order valence-electron chi connectivity index (χ2n) is 5.99. The number of hydrogen-bond donors (Lipinski definition) is 1. The van der Waals surface area contributed by atoms with Crippen LogP contribution in [0.4, 0.5) is 19.0 Å². The number of anilines is 1. The molecule has 1 aliphatic rings. The largest absolute Gasteiger partial charge is 0.497 e. The van der Waals surface area contributed by atoms with Crippen molar-refractivity contribution in [2.75, 3.05) is 25.1 Å². The van der Waals surface area contributed by atoms with Crippen molar-refractivity contribution in [3.63, 3.8) is 0 Å². The van der Waals surface area contributed by atoms with E-state index >= 15 is 0 Å². The average molecular weight is 355 g/mol. The van der Waals surface area contributed by atoms with E-state index in [4.69, 9.17) is 9.84 Å². The van der Waals surface area contributed by atoms with Crippen LogP contribution in [-0.2, 0) is 4.79 Å². The number of alkyl halides is 3. The Bertz CT molecular complexity index is 825. The third kappa shape index (κ3) is 3.18. The van der Waals surface area contributed by atoms with Gasteiger partial charge in [0.2, 0.25) is 0 Å². The van der Waals surface area contributed by atoms with E-state index in [2.05, 4.69) is 9.97 Å². The molecule has 1 aromatic heterocycles. The van der Waals surface area contributed by atoms with Crippen molar-refractivity contribution >= 4 is 22.8 Å². The van der Waals surface area contributed by atoms with Crippen molar-refractivity contribution in [3.05, 3.63) is 23.9 Å². The van der Waals surface area contributed by atoms with Gasteiger partial charge in [0.05, 0.1) is 35.7 Å². The second-order valence-corrected chi connectivity index (χ2v) is 5.99. The minimum absolute atomic E-state index is 0.253. The highest BCUT2D eigenvalue weighted by Crippen LogP contribution is 2.39. The molecule has 1 aliphatic heterocycles. The van der Waals surface area contributed by atoms with E-state index in [1.54, 1.807) is 25.1 Å². The molecule has 0 radical (unpaired) electrons. The first-order chi connectivity index (χ1) is 11.7. The van der Waals surface area contributed by atoms with Gasteiger partial charge in [-0.25, -0.2) is 9.97 Å². The number of ether oxygens (including phenoxy) is 1. The van der Waals surface area contributed by atoms with E-state index in [-0.39, 0.29) is 12.4 Å². The number of rotatable bonds is 3. The second kappa shape index (κ2) is 6.05. The summed E-state index contributed by atoms with van der Waals surface area (Å²) in [6.45, 7) is 0.937. The summed E-state index contributed by atoms with van der Waals surface area (Å²) in [6.07, 6.45) is -4.58. The van der Waals surface area contributed by atoms with Gasteiger partial charge in [0.15, 0.2) is 5.82 Å². The monoisotopic (exact) mass is 355 g/mol. The molecule has 6 nitrogen and oxygen atoms in total. The van der Waals surface area contributed by atoms with Crippen molar-refractivity contribution in [3.8, 4) is 5.75 Å². The lowest BCUT2D eigenvalue weighted by molar-refractivity contribution is -0.187. The van der Waals surface area contributed by atoms with Crippen LogP contribution in [0.15, 0.2) is 18.2 Å². The minimum Gasteiger partial charge on any atom is -0.497 e. The Morgan fingerprint density at radius 2 is 2.00 bits per heavy atom. The summed E-state index contributed by atoms with van der Waals surface area (Å²) in [5, 5.41) is 9.13. The minimum atomic E-state index is -4.58. The summed E-state index contributed by atoms with van der Waals surface area (Å²) in [7, 11) is 1.52. The number of methoxy groups -OCH3 is 1. The van der Waals surface area contributed by atoms with Crippen molar-refractivity contribution < 1.29 is 27.8 Å². The van der Waals surface area contributed by atoms with Crippen LogP contribution in [0.2, 0.25) is 0 Å². The third-order valence-electron chi connectivity index (χ3n) is 4.38. The van der Waals surface area contributed by atoms with Crippen LogP contribution in [0.5, 0.6) is 5.75 Å². The van der Waals surface area contributed by atoms with Crippen LogP contribution >= 0.6 is 0 Å². The van der Waals surface area contributed by atoms with E-state index in [0.717, 1.165) is 0 Å². The SMILES string of the molecule is COc1ccc2nc(N3C[C@@H](C(F)(F)F)[C@H](C(=O)O)C3)c(C)nc2c1. The van der Waals surface area contributed by atoms with E-state index in [1.807, 2.05) is 0 Å². The molecule has 3 rings (SSSR count). The molecule has 134 valence electrons. The summed E-state index contributed by atoms with van der Waals surface area (Å²) in [4.78, 5) is 21.3.